The molecule has 0 N–H and O–H groups in total. The Kier molecular flexibility index (Phi) is 3.41. The number of carbonyl (C=O) groups is 1. The number of rotatable bonds is 2. The predicted octanol–water partition coefficient (Wildman–Crippen LogP) is 2.17. The number of fused-ring (bicyclic) bond motifs is 1. The lowest BCUT2D eigenvalue weighted by Crippen LogP contribution is -2.50. The zero-order chi connectivity index (χ0) is 16.7. The standard InChI is InChI=1S/C19H17N3O2/c1-21-17-8-3-2-6-13(17)10-15(18(21)23)19(24)22-11-14(12-22)16-7-4-5-9-20-16/h2-10,14H,11-12H2,1H3. The van der Waals surface area contributed by atoms with E-state index in [9.17, 15) is 9.59 Å². The van der Waals surface area contributed by atoms with Crippen LogP contribution < -0.4 is 5.56 Å². The fraction of sp³-hybridized carbons (Fsp3) is 0.211. The molecule has 0 radical (unpaired) electrons. The third kappa shape index (κ3) is 2.29. The van der Waals surface area contributed by atoms with Crippen molar-refractivity contribution in [1.82, 2.24) is 14.5 Å². The first-order valence-corrected chi connectivity index (χ1v) is 7.94. The summed E-state index contributed by atoms with van der Waals surface area (Å²) in [7, 11) is 1.70. The van der Waals surface area contributed by atoms with Gasteiger partial charge in [-0.1, -0.05) is 24.3 Å². The third-order valence-electron chi connectivity index (χ3n) is 4.64. The molecule has 4 rings (SSSR count). The van der Waals surface area contributed by atoms with Crippen LogP contribution in [0.2, 0.25) is 0 Å². The van der Waals surface area contributed by atoms with E-state index in [1.54, 1.807) is 28.8 Å². The summed E-state index contributed by atoms with van der Waals surface area (Å²) in [4.78, 5) is 31.3. The first-order chi connectivity index (χ1) is 11.6. The van der Waals surface area contributed by atoms with E-state index in [1.807, 2.05) is 42.5 Å². The van der Waals surface area contributed by atoms with Gasteiger partial charge in [0.05, 0.1) is 5.52 Å². The highest BCUT2D eigenvalue weighted by Gasteiger charge is 2.34. The second-order valence-electron chi connectivity index (χ2n) is 6.14. The molecular formula is C19H17N3O2. The van der Waals surface area contributed by atoms with E-state index in [2.05, 4.69) is 4.98 Å². The van der Waals surface area contributed by atoms with Crippen LogP contribution in [0.5, 0.6) is 0 Å². The van der Waals surface area contributed by atoms with Crippen molar-refractivity contribution in [3.63, 3.8) is 0 Å². The fourth-order valence-electron chi connectivity index (χ4n) is 3.19. The van der Waals surface area contributed by atoms with Crippen LogP contribution in [0.4, 0.5) is 0 Å². The molecule has 0 spiro atoms. The minimum atomic E-state index is -0.250. The number of aryl methyl sites for hydroxylation is 1. The Bertz CT molecular complexity index is 973. The molecule has 3 aromatic rings. The average Bonchev–Trinajstić information content (AvgIpc) is 2.57. The molecule has 0 saturated carbocycles. The highest BCUT2D eigenvalue weighted by molar-refractivity contribution is 5.97. The van der Waals surface area contributed by atoms with Gasteiger partial charge in [0, 0.05) is 37.9 Å². The summed E-state index contributed by atoms with van der Waals surface area (Å²) in [5, 5.41) is 0.893. The van der Waals surface area contributed by atoms with Crippen molar-refractivity contribution < 1.29 is 4.79 Å². The monoisotopic (exact) mass is 319 g/mol. The number of aromatic nitrogens is 2. The van der Waals surface area contributed by atoms with Gasteiger partial charge in [0.2, 0.25) is 0 Å². The second-order valence-corrected chi connectivity index (χ2v) is 6.14. The summed E-state index contributed by atoms with van der Waals surface area (Å²) in [6.45, 7) is 1.21. The second kappa shape index (κ2) is 5.60. The first-order valence-electron chi connectivity index (χ1n) is 7.94. The Morgan fingerprint density at radius 2 is 1.88 bits per heavy atom. The van der Waals surface area contributed by atoms with Crippen LogP contribution in [0.3, 0.4) is 0 Å². The molecule has 1 aliphatic rings. The molecule has 5 heteroatoms. The molecule has 1 fully saturated rings. The van der Waals surface area contributed by atoms with E-state index in [0.717, 1.165) is 16.6 Å². The van der Waals surface area contributed by atoms with Crippen LogP contribution in [0.15, 0.2) is 59.5 Å². The van der Waals surface area contributed by atoms with Gasteiger partial charge in [-0.25, -0.2) is 0 Å². The van der Waals surface area contributed by atoms with Gasteiger partial charge in [-0.3, -0.25) is 14.6 Å². The normalized spacial score (nSPS) is 14.6. The number of amides is 1. The van der Waals surface area contributed by atoms with Gasteiger partial charge in [0.1, 0.15) is 5.56 Å². The van der Waals surface area contributed by atoms with E-state index in [4.69, 9.17) is 0 Å². The van der Waals surface area contributed by atoms with Crippen LogP contribution in [0, 0.1) is 0 Å². The number of pyridine rings is 2. The Morgan fingerprint density at radius 3 is 2.62 bits per heavy atom. The molecule has 0 unspecified atom stereocenters. The van der Waals surface area contributed by atoms with E-state index >= 15 is 0 Å². The Morgan fingerprint density at radius 1 is 1.12 bits per heavy atom. The molecule has 3 heterocycles. The summed E-state index contributed by atoms with van der Waals surface area (Å²) in [5.74, 6) is 0.0491. The highest BCUT2D eigenvalue weighted by atomic mass is 16.2. The lowest BCUT2D eigenvalue weighted by atomic mass is 9.95. The van der Waals surface area contributed by atoms with Gasteiger partial charge in [-0.2, -0.15) is 0 Å². The minimum Gasteiger partial charge on any atom is -0.337 e. The molecule has 120 valence electrons. The third-order valence-corrected chi connectivity index (χ3v) is 4.64. The fourth-order valence-corrected chi connectivity index (χ4v) is 3.19. The number of para-hydroxylation sites is 1. The van der Waals surface area contributed by atoms with Crippen molar-refractivity contribution in [2.24, 2.45) is 7.05 Å². The first kappa shape index (κ1) is 14.6. The molecule has 1 aromatic carbocycles. The van der Waals surface area contributed by atoms with Gasteiger partial charge in [0.15, 0.2) is 0 Å². The van der Waals surface area contributed by atoms with Crippen LogP contribution in [0.25, 0.3) is 10.9 Å². The molecule has 0 atom stereocenters. The maximum Gasteiger partial charge on any atom is 0.263 e. The van der Waals surface area contributed by atoms with Gasteiger partial charge in [-0.05, 0) is 29.7 Å². The Labute approximate surface area is 139 Å². The maximum atomic E-state index is 12.7. The van der Waals surface area contributed by atoms with Crippen molar-refractivity contribution in [3.05, 3.63) is 76.3 Å². The summed E-state index contributed by atoms with van der Waals surface area (Å²) >= 11 is 0. The lowest BCUT2D eigenvalue weighted by Gasteiger charge is -2.38. The Hall–Kier alpha value is -2.95. The zero-order valence-electron chi connectivity index (χ0n) is 13.3. The molecule has 2 aromatic heterocycles. The number of hydrogen-bond acceptors (Lipinski definition) is 3. The lowest BCUT2D eigenvalue weighted by molar-refractivity contribution is 0.0596. The van der Waals surface area contributed by atoms with Gasteiger partial charge >= 0.3 is 0 Å². The zero-order valence-corrected chi connectivity index (χ0v) is 13.3. The topological polar surface area (TPSA) is 55.2 Å². The quantitative estimate of drug-likeness (QED) is 0.727. The van der Waals surface area contributed by atoms with Gasteiger partial charge in [-0.15, -0.1) is 0 Å². The van der Waals surface area contributed by atoms with Crippen molar-refractivity contribution >= 4 is 16.8 Å². The van der Waals surface area contributed by atoms with Crippen molar-refractivity contribution in [1.29, 1.82) is 0 Å². The van der Waals surface area contributed by atoms with Crippen LogP contribution in [-0.2, 0) is 7.05 Å². The van der Waals surface area contributed by atoms with Crippen LogP contribution in [-0.4, -0.2) is 33.4 Å². The number of hydrogen-bond donors (Lipinski definition) is 0. The molecule has 1 saturated heterocycles. The molecule has 0 bridgehead atoms. The number of carbonyl (C=O) groups excluding carboxylic acids is 1. The smallest absolute Gasteiger partial charge is 0.263 e. The summed E-state index contributed by atoms with van der Waals surface area (Å²) < 4.78 is 1.54. The number of benzene rings is 1. The maximum absolute atomic E-state index is 12.7. The van der Waals surface area contributed by atoms with Crippen molar-refractivity contribution in [3.8, 4) is 0 Å². The van der Waals surface area contributed by atoms with E-state index in [1.165, 1.54) is 0 Å². The van der Waals surface area contributed by atoms with Crippen molar-refractivity contribution in [2.75, 3.05) is 13.1 Å². The highest BCUT2D eigenvalue weighted by Crippen LogP contribution is 2.26. The Balaban J connectivity index is 1.61. The van der Waals surface area contributed by atoms with E-state index < -0.39 is 0 Å². The molecule has 1 amide bonds. The SMILES string of the molecule is Cn1c(=O)c(C(=O)N2CC(c3ccccn3)C2)cc2ccccc21. The molecule has 1 aliphatic heterocycles. The number of likely N-dealkylation sites (tertiary alicyclic amines) is 1. The van der Waals surface area contributed by atoms with E-state index in [-0.39, 0.29) is 22.9 Å². The number of nitrogens with zero attached hydrogens (tertiary/aromatic N) is 3. The van der Waals surface area contributed by atoms with E-state index in [0.29, 0.717) is 13.1 Å². The molecule has 5 nitrogen and oxygen atoms in total. The molecule has 0 aliphatic carbocycles. The summed E-state index contributed by atoms with van der Waals surface area (Å²) in [5.41, 5.74) is 1.80. The molecular weight excluding hydrogens is 302 g/mol. The van der Waals surface area contributed by atoms with Crippen molar-refractivity contribution in [2.45, 2.75) is 5.92 Å². The minimum absolute atomic E-state index is 0.200. The summed E-state index contributed by atoms with van der Waals surface area (Å²) in [6.07, 6.45) is 1.76. The largest absolute Gasteiger partial charge is 0.337 e. The van der Waals surface area contributed by atoms with Gasteiger partial charge < -0.3 is 9.47 Å². The van der Waals surface area contributed by atoms with Gasteiger partial charge in [0.25, 0.3) is 11.5 Å². The average molecular weight is 319 g/mol. The molecule has 24 heavy (non-hydrogen) atoms. The predicted molar refractivity (Wildman–Crippen MR) is 92.1 cm³/mol. The summed E-state index contributed by atoms with van der Waals surface area (Å²) in [6, 6.07) is 15.1. The van der Waals surface area contributed by atoms with Crippen LogP contribution in [0.1, 0.15) is 22.0 Å². The van der Waals surface area contributed by atoms with Crippen LogP contribution >= 0.6 is 0 Å².